The molecule has 1 aromatic carbocycles. The molecule has 4 rings (SSSR count). The lowest BCUT2D eigenvalue weighted by Gasteiger charge is -2.28. The first-order valence-corrected chi connectivity index (χ1v) is 11.0. The number of H-pyrrole nitrogens is 1. The van der Waals surface area contributed by atoms with E-state index in [4.69, 9.17) is 0 Å². The Hall–Kier alpha value is -2.43. The van der Waals surface area contributed by atoms with Crippen molar-refractivity contribution in [2.45, 2.75) is 48.9 Å². The van der Waals surface area contributed by atoms with Crippen molar-refractivity contribution >= 4 is 21.1 Å². The summed E-state index contributed by atoms with van der Waals surface area (Å²) in [5, 5.41) is 10.3. The van der Waals surface area contributed by atoms with Crippen LogP contribution in [0.1, 0.15) is 31.4 Å². The molecule has 2 heterocycles. The van der Waals surface area contributed by atoms with E-state index in [-0.39, 0.29) is 10.5 Å². The number of pyridine rings is 1. The highest BCUT2D eigenvalue weighted by Crippen LogP contribution is 2.34. The smallest absolute Gasteiger partial charge is 0.391 e. The van der Waals surface area contributed by atoms with Crippen LogP contribution >= 0.6 is 0 Å². The lowest BCUT2D eigenvalue weighted by Crippen LogP contribution is -2.44. The van der Waals surface area contributed by atoms with Crippen molar-refractivity contribution in [3.8, 4) is 11.1 Å². The number of aromatic nitrogens is 2. The number of hydrogen-bond acceptors (Lipinski definition) is 4. The molecule has 3 N–H and O–H groups in total. The minimum Gasteiger partial charge on any atom is -0.391 e. The van der Waals surface area contributed by atoms with E-state index in [0.717, 1.165) is 18.9 Å². The number of sulfonamides is 1. The number of halogens is 3. The average molecular weight is 439 g/mol. The number of nitrogens with one attached hydrogen (secondary N) is 2. The highest BCUT2D eigenvalue weighted by Gasteiger charge is 2.33. The largest absolute Gasteiger partial charge is 0.431 e. The molecule has 1 saturated carbocycles. The van der Waals surface area contributed by atoms with Crippen LogP contribution in [0.5, 0.6) is 0 Å². The van der Waals surface area contributed by atoms with Crippen LogP contribution in [0.25, 0.3) is 22.2 Å². The van der Waals surface area contributed by atoms with E-state index in [0.29, 0.717) is 29.4 Å². The van der Waals surface area contributed by atoms with Crippen molar-refractivity contribution in [1.29, 1.82) is 0 Å². The highest BCUT2D eigenvalue weighted by molar-refractivity contribution is 7.89. The molecule has 6 nitrogen and oxygen atoms in total. The second-order valence-corrected chi connectivity index (χ2v) is 9.12. The molecule has 0 radical (unpaired) electrons. The Kier molecular flexibility index (Phi) is 5.33. The predicted molar refractivity (Wildman–Crippen MR) is 105 cm³/mol. The molecular formula is C20H20F3N3O3S. The Labute approximate surface area is 171 Å². The Morgan fingerprint density at radius 2 is 1.80 bits per heavy atom. The molecule has 160 valence electrons. The summed E-state index contributed by atoms with van der Waals surface area (Å²) < 4.78 is 66.9. The van der Waals surface area contributed by atoms with Gasteiger partial charge in [0.05, 0.1) is 11.0 Å². The zero-order valence-corrected chi connectivity index (χ0v) is 16.6. The monoisotopic (exact) mass is 439 g/mol. The van der Waals surface area contributed by atoms with E-state index in [1.165, 1.54) is 18.3 Å². The molecule has 0 spiro atoms. The highest BCUT2D eigenvalue weighted by atomic mass is 32.2. The van der Waals surface area contributed by atoms with Gasteiger partial charge >= 0.3 is 6.18 Å². The van der Waals surface area contributed by atoms with Gasteiger partial charge in [-0.1, -0.05) is 25.0 Å². The van der Waals surface area contributed by atoms with E-state index >= 15 is 0 Å². The Bertz CT molecular complexity index is 1160. The van der Waals surface area contributed by atoms with Gasteiger partial charge in [-0.2, -0.15) is 13.2 Å². The SMILES string of the molecule is O=S(=O)(NC1CCCC[C@H]1O)c1ccc(-c2ccnc3[nH]c(C(F)(F)F)cc23)cc1. The molecule has 1 fully saturated rings. The average Bonchev–Trinajstić information content (AvgIpc) is 3.15. The van der Waals surface area contributed by atoms with Gasteiger partial charge in [0.25, 0.3) is 0 Å². The molecule has 10 heteroatoms. The summed E-state index contributed by atoms with van der Waals surface area (Å²) in [7, 11) is -3.83. The van der Waals surface area contributed by atoms with Crippen molar-refractivity contribution in [3.05, 3.63) is 48.3 Å². The van der Waals surface area contributed by atoms with Gasteiger partial charge in [0.2, 0.25) is 10.0 Å². The summed E-state index contributed by atoms with van der Waals surface area (Å²) in [5.41, 5.74) is 0.273. The lowest BCUT2D eigenvalue weighted by atomic mass is 9.93. The van der Waals surface area contributed by atoms with Crippen molar-refractivity contribution in [2.24, 2.45) is 0 Å². The third-order valence-corrected chi connectivity index (χ3v) is 6.85. The first-order valence-electron chi connectivity index (χ1n) is 9.51. The fraction of sp³-hybridized carbons (Fsp3) is 0.350. The number of nitrogens with zero attached hydrogens (tertiary/aromatic N) is 1. The fourth-order valence-corrected chi connectivity index (χ4v) is 5.07. The van der Waals surface area contributed by atoms with Crippen LogP contribution in [0.15, 0.2) is 47.5 Å². The zero-order valence-electron chi connectivity index (χ0n) is 15.8. The molecular weight excluding hydrogens is 419 g/mol. The van der Waals surface area contributed by atoms with Gasteiger partial charge in [0.1, 0.15) is 11.3 Å². The molecule has 30 heavy (non-hydrogen) atoms. The number of aromatic amines is 1. The van der Waals surface area contributed by atoms with Crippen LogP contribution in [-0.2, 0) is 16.2 Å². The van der Waals surface area contributed by atoms with E-state index in [1.807, 2.05) is 0 Å². The van der Waals surface area contributed by atoms with E-state index in [1.54, 1.807) is 18.2 Å². The summed E-state index contributed by atoms with van der Waals surface area (Å²) >= 11 is 0. The first-order chi connectivity index (χ1) is 14.1. The molecule has 1 unspecified atom stereocenters. The van der Waals surface area contributed by atoms with Crippen LogP contribution in [0.4, 0.5) is 13.2 Å². The van der Waals surface area contributed by atoms with Crippen molar-refractivity contribution < 1.29 is 26.7 Å². The maximum absolute atomic E-state index is 13.0. The first kappa shape index (κ1) is 20.8. The summed E-state index contributed by atoms with van der Waals surface area (Å²) in [6, 6.07) is 7.93. The van der Waals surface area contributed by atoms with Crippen molar-refractivity contribution in [3.63, 3.8) is 0 Å². The number of aliphatic hydroxyl groups is 1. The summed E-state index contributed by atoms with van der Waals surface area (Å²) in [6.07, 6.45) is -1.00. The van der Waals surface area contributed by atoms with Crippen LogP contribution in [-0.4, -0.2) is 35.6 Å². The van der Waals surface area contributed by atoms with Crippen LogP contribution in [0, 0.1) is 0 Å². The topological polar surface area (TPSA) is 95.1 Å². The summed E-state index contributed by atoms with van der Waals surface area (Å²) in [4.78, 5) is 6.24. The zero-order chi connectivity index (χ0) is 21.5. The second kappa shape index (κ2) is 7.68. The van der Waals surface area contributed by atoms with Gasteiger partial charge < -0.3 is 10.1 Å². The number of benzene rings is 1. The normalized spacial score (nSPS) is 20.5. The van der Waals surface area contributed by atoms with Gasteiger partial charge in [0.15, 0.2) is 0 Å². The van der Waals surface area contributed by atoms with E-state index in [9.17, 15) is 26.7 Å². The molecule has 2 aromatic heterocycles. The fourth-order valence-electron chi connectivity index (χ4n) is 3.76. The van der Waals surface area contributed by atoms with Crippen molar-refractivity contribution in [2.75, 3.05) is 0 Å². The molecule has 0 saturated heterocycles. The van der Waals surface area contributed by atoms with Gasteiger partial charge in [-0.15, -0.1) is 0 Å². The van der Waals surface area contributed by atoms with Gasteiger partial charge in [-0.05, 0) is 48.2 Å². The van der Waals surface area contributed by atoms with Crippen LogP contribution < -0.4 is 4.72 Å². The Morgan fingerprint density at radius 3 is 2.47 bits per heavy atom. The number of rotatable bonds is 4. The lowest BCUT2D eigenvalue weighted by molar-refractivity contribution is -0.140. The Balaban J connectivity index is 1.63. The number of aliphatic hydroxyl groups excluding tert-OH is 1. The molecule has 3 aromatic rings. The standard InChI is InChI=1S/C20H20F3N3O3S/c21-20(22,23)18-11-15-14(9-10-24-19(15)25-18)12-5-7-13(8-6-12)30(28,29)26-16-3-1-2-4-17(16)27/h5-11,16-17,26-27H,1-4H2,(H,24,25)/t16?,17-/m1/s1. The number of hydrogen-bond donors (Lipinski definition) is 3. The van der Waals surface area contributed by atoms with Crippen molar-refractivity contribution in [1.82, 2.24) is 14.7 Å². The molecule has 1 aliphatic rings. The Morgan fingerprint density at radius 1 is 1.10 bits per heavy atom. The predicted octanol–water partition coefficient (Wildman–Crippen LogP) is 3.83. The van der Waals surface area contributed by atoms with Crippen LogP contribution in [0.2, 0.25) is 0 Å². The molecule has 2 atom stereocenters. The molecule has 1 aliphatic carbocycles. The van der Waals surface area contributed by atoms with Crippen LogP contribution in [0.3, 0.4) is 0 Å². The third kappa shape index (κ3) is 4.07. The minimum absolute atomic E-state index is 0.0272. The quantitative estimate of drug-likeness (QED) is 0.576. The summed E-state index contributed by atoms with van der Waals surface area (Å²) in [6.45, 7) is 0. The van der Waals surface area contributed by atoms with Gasteiger partial charge in [-0.25, -0.2) is 18.1 Å². The maximum Gasteiger partial charge on any atom is 0.431 e. The molecule has 0 amide bonds. The van der Waals surface area contributed by atoms with Gasteiger partial charge in [-0.3, -0.25) is 0 Å². The van der Waals surface area contributed by atoms with E-state index in [2.05, 4.69) is 14.7 Å². The minimum atomic E-state index is -4.52. The molecule has 0 aliphatic heterocycles. The molecule has 0 bridgehead atoms. The number of fused-ring (bicyclic) bond motifs is 1. The number of alkyl halides is 3. The van der Waals surface area contributed by atoms with E-state index < -0.39 is 34.0 Å². The summed E-state index contributed by atoms with van der Waals surface area (Å²) in [5.74, 6) is 0. The second-order valence-electron chi connectivity index (χ2n) is 7.41. The maximum atomic E-state index is 13.0. The van der Waals surface area contributed by atoms with Gasteiger partial charge in [0, 0.05) is 17.6 Å². The third-order valence-electron chi connectivity index (χ3n) is 5.35.